The fourth-order valence-corrected chi connectivity index (χ4v) is 3.16. The number of hydrogen-bond acceptors (Lipinski definition) is 7. The predicted molar refractivity (Wildman–Crippen MR) is 113 cm³/mol. The van der Waals surface area contributed by atoms with Gasteiger partial charge in [-0.25, -0.2) is 9.18 Å². The molecule has 2 amide bonds. The number of carbonyl (C=O) groups excluding carboxylic acids is 2. The molecular formula is C22H16F4N4O5. The molecule has 1 aliphatic rings. The lowest BCUT2D eigenvalue weighted by Crippen LogP contribution is -2.23. The van der Waals surface area contributed by atoms with Crippen LogP contribution in [0.4, 0.5) is 33.7 Å². The minimum Gasteiger partial charge on any atom is -0.493 e. The lowest BCUT2D eigenvalue weighted by atomic mass is 10.2. The van der Waals surface area contributed by atoms with E-state index in [0.29, 0.717) is 18.3 Å². The van der Waals surface area contributed by atoms with Crippen molar-refractivity contribution in [3.63, 3.8) is 0 Å². The highest BCUT2D eigenvalue weighted by Crippen LogP contribution is 2.35. The average molecular weight is 492 g/mol. The summed E-state index contributed by atoms with van der Waals surface area (Å²) >= 11 is 0. The molecule has 0 unspecified atom stereocenters. The lowest BCUT2D eigenvalue weighted by molar-refractivity contribution is -0.141. The second-order valence-corrected chi connectivity index (χ2v) is 7.11. The maximum atomic E-state index is 13.5. The average Bonchev–Trinajstić information content (AvgIpc) is 3.25. The van der Waals surface area contributed by atoms with Gasteiger partial charge in [0.25, 0.3) is 11.8 Å². The zero-order valence-corrected chi connectivity index (χ0v) is 17.9. The Kier molecular flexibility index (Phi) is 6.40. The van der Waals surface area contributed by atoms with Crippen LogP contribution in [0.3, 0.4) is 0 Å². The highest BCUT2D eigenvalue weighted by atomic mass is 19.4. The van der Waals surface area contributed by atoms with E-state index in [0.717, 1.165) is 18.2 Å². The van der Waals surface area contributed by atoms with Gasteiger partial charge in [0.15, 0.2) is 17.2 Å². The molecule has 35 heavy (non-hydrogen) atoms. The first-order valence-electron chi connectivity index (χ1n) is 9.98. The Labute approximate surface area is 195 Å². The number of hydrogen-bond donors (Lipinski definition) is 1. The largest absolute Gasteiger partial charge is 0.493 e. The van der Waals surface area contributed by atoms with Crippen LogP contribution in [0.2, 0.25) is 0 Å². The summed E-state index contributed by atoms with van der Waals surface area (Å²) < 4.78 is 68.6. The molecule has 1 aromatic heterocycles. The SMILES string of the molecule is COc1cc(F)ccc1Oc1nnc(C(F)(F)F)cc1C(=O)Nc1cccc(N2CCOC2=O)c1. The summed E-state index contributed by atoms with van der Waals surface area (Å²) in [6.07, 6.45) is -5.45. The number of methoxy groups -OCH3 is 1. The van der Waals surface area contributed by atoms with Gasteiger partial charge in [-0.3, -0.25) is 9.69 Å². The topological polar surface area (TPSA) is 103 Å². The second kappa shape index (κ2) is 9.44. The molecule has 1 N–H and O–H groups in total. The minimum absolute atomic E-state index is 0.0803. The van der Waals surface area contributed by atoms with Gasteiger partial charge in [-0.05, 0) is 36.4 Å². The van der Waals surface area contributed by atoms with Crippen molar-refractivity contribution >= 4 is 23.4 Å². The Bertz CT molecular complexity index is 1280. The highest BCUT2D eigenvalue weighted by molar-refractivity contribution is 6.06. The number of ether oxygens (including phenoxy) is 3. The summed E-state index contributed by atoms with van der Waals surface area (Å²) in [4.78, 5) is 26.1. The first-order chi connectivity index (χ1) is 16.7. The fraction of sp³-hybridized carbons (Fsp3) is 0.182. The molecule has 0 bridgehead atoms. The van der Waals surface area contributed by atoms with Gasteiger partial charge in [-0.15, -0.1) is 10.2 Å². The predicted octanol–water partition coefficient (Wildman–Crippen LogP) is 4.64. The standard InChI is InChI=1S/C22H16F4N4O5/c1-33-17-9-12(23)5-6-16(17)35-20-15(11-18(28-29-20)22(24,25)26)19(31)27-13-3-2-4-14(10-13)30-7-8-34-21(30)32/h2-6,9-11H,7-8H2,1H3,(H,27,31). The van der Waals surface area contributed by atoms with E-state index in [9.17, 15) is 27.2 Å². The second-order valence-electron chi connectivity index (χ2n) is 7.11. The first kappa shape index (κ1) is 23.7. The van der Waals surface area contributed by atoms with E-state index in [1.165, 1.54) is 24.1 Å². The van der Waals surface area contributed by atoms with Crippen molar-refractivity contribution < 1.29 is 41.4 Å². The van der Waals surface area contributed by atoms with Gasteiger partial charge in [0.05, 0.1) is 13.7 Å². The van der Waals surface area contributed by atoms with E-state index >= 15 is 0 Å². The molecule has 3 aromatic rings. The van der Waals surface area contributed by atoms with Crippen LogP contribution in [0.1, 0.15) is 16.1 Å². The monoisotopic (exact) mass is 492 g/mol. The summed E-state index contributed by atoms with van der Waals surface area (Å²) in [5, 5.41) is 8.97. The molecule has 2 heterocycles. The molecule has 0 radical (unpaired) electrons. The van der Waals surface area contributed by atoms with Gasteiger partial charge in [-0.1, -0.05) is 6.07 Å². The molecule has 1 aliphatic heterocycles. The molecule has 9 nitrogen and oxygen atoms in total. The Morgan fingerprint density at radius 3 is 2.60 bits per heavy atom. The van der Waals surface area contributed by atoms with Crippen LogP contribution >= 0.6 is 0 Å². The Balaban J connectivity index is 1.67. The van der Waals surface area contributed by atoms with Crippen molar-refractivity contribution in [2.24, 2.45) is 0 Å². The third-order valence-electron chi connectivity index (χ3n) is 4.80. The van der Waals surface area contributed by atoms with Gasteiger partial charge in [0, 0.05) is 17.4 Å². The molecule has 4 rings (SSSR count). The third kappa shape index (κ3) is 5.23. The molecule has 13 heteroatoms. The van der Waals surface area contributed by atoms with E-state index in [-0.39, 0.29) is 23.8 Å². The lowest BCUT2D eigenvalue weighted by Gasteiger charge is -2.16. The zero-order valence-electron chi connectivity index (χ0n) is 17.9. The maximum absolute atomic E-state index is 13.5. The molecule has 0 spiro atoms. The van der Waals surface area contributed by atoms with Crippen molar-refractivity contribution in [3.8, 4) is 17.4 Å². The number of nitrogens with zero attached hydrogens (tertiary/aromatic N) is 3. The molecule has 0 aliphatic carbocycles. The van der Waals surface area contributed by atoms with E-state index in [1.54, 1.807) is 12.1 Å². The summed E-state index contributed by atoms with van der Waals surface area (Å²) in [6, 6.07) is 9.74. The zero-order chi connectivity index (χ0) is 25.2. The van der Waals surface area contributed by atoms with Crippen molar-refractivity contribution in [2.75, 3.05) is 30.5 Å². The number of alkyl halides is 3. The van der Waals surface area contributed by atoms with Crippen molar-refractivity contribution in [1.82, 2.24) is 10.2 Å². The van der Waals surface area contributed by atoms with Crippen LogP contribution in [-0.4, -0.2) is 42.5 Å². The van der Waals surface area contributed by atoms with Gasteiger partial charge >= 0.3 is 12.3 Å². The quantitative estimate of drug-likeness (QED) is 0.500. The van der Waals surface area contributed by atoms with Crippen molar-refractivity contribution in [1.29, 1.82) is 0 Å². The highest BCUT2D eigenvalue weighted by Gasteiger charge is 2.35. The first-order valence-corrected chi connectivity index (χ1v) is 9.98. The van der Waals surface area contributed by atoms with Crippen LogP contribution in [0.25, 0.3) is 0 Å². The maximum Gasteiger partial charge on any atom is 0.435 e. The van der Waals surface area contributed by atoms with Gasteiger partial charge in [0.2, 0.25) is 0 Å². The summed E-state index contributed by atoms with van der Waals surface area (Å²) in [7, 11) is 1.23. The van der Waals surface area contributed by atoms with E-state index in [1.807, 2.05) is 0 Å². The Morgan fingerprint density at radius 1 is 1.11 bits per heavy atom. The minimum atomic E-state index is -4.88. The smallest absolute Gasteiger partial charge is 0.435 e. The van der Waals surface area contributed by atoms with Crippen molar-refractivity contribution in [2.45, 2.75) is 6.18 Å². The number of cyclic esters (lactones) is 1. The number of benzene rings is 2. The Morgan fingerprint density at radius 2 is 1.91 bits per heavy atom. The molecular weight excluding hydrogens is 476 g/mol. The molecule has 0 atom stereocenters. The molecule has 0 saturated carbocycles. The van der Waals surface area contributed by atoms with Gasteiger partial charge < -0.3 is 19.5 Å². The molecule has 1 fully saturated rings. The van der Waals surface area contributed by atoms with Crippen LogP contribution in [0, 0.1) is 5.82 Å². The van der Waals surface area contributed by atoms with Gasteiger partial charge in [-0.2, -0.15) is 13.2 Å². The normalized spacial score (nSPS) is 13.4. The summed E-state index contributed by atoms with van der Waals surface area (Å²) in [6.45, 7) is 0.503. The number of rotatable bonds is 6. The number of anilines is 2. The van der Waals surface area contributed by atoms with E-state index in [2.05, 4.69) is 15.5 Å². The van der Waals surface area contributed by atoms with E-state index < -0.39 is 41.1 Å². The third-order valence-corrected chi connectivity index (χ3v) is 4.80. The van der Waals surface area contributed by atoms with Gasteiger partial charge in [0.1, 0.15) is 18.0 Å². The number of nitrogens with one attached hydrogen (secondary N) is 1. The van der Waals surface area contributed by atoms with E-state index in [4.69, 9.17) is 14.2 Å². The number of carbonyl (C=O) groups is 2. The van der Waals surface area contributed by atoms with Crippen molar-refractivity contribution in [3.05, 3.63) is 65.6 Å². The molecule has 2 aromatic carbocycles. The number of aromatic nitrogens is 2. The van der Waals surface area contributed by atoms with Crippen LogP contribution in [-0.2, 0) is 10.9 Å². The summed E-state index contributed by atoms with van der Waals surface area (Å²) in [5.41, 5.74) is -1.41. The van der Waals surface area contributed by atoms with Crippen LogP contribution < -0.4 is 19.7 Å². The van der Waals surface area contributed by atoms with Crippen LogP contribution in [0.15, 0.2) is 48.5 Å². The fourth-order valence-electron chi connectivity index (χ4n) is 3.16. The number of amides is 2. The Hall–Kier alpha value is -4.42. The van der Waals surface area contributed by atoms with Crippen LogP contribution in [0.5, 0.6) is 17.4 Å². The molecule has 1 saturated heterocycles. The summed E-state index contributed by atoms with van der Waals surface area (Å²) in [5.74, 6) is -2.40. The number of halogens is 4. The molecule has 182 valence electrons.